The van der Waals surface area contributed by atoms with Gasteiger partial charge in [0.25, 0.3) is 0 Å². The van der Waals surface area contributed by atoms with Gasteiger partial charge in [-0.15, -0.1) is 0 Å². The number of fused-ring (bicyclic) bond motifs is 5. The molecule has 4 fully saturated rings. The monoisotopic (exact) mass is 416 g/mol. The maximum atomic E-state index is 12.3. The van der Waals surface area contributed by atoms with Gasteiger partial charge in [0.2, 0.25) is 0 Å². The summed E-state index contributed by atoms with van der Waals surface area (Å²) >= 11 is 0. The lowest BCUT2D eigenvalue weighted by Crippen LogP contribution is -2.57. The second-order valence-corrected chi connectivity index (χ2v) is 12.9. The average molecular weight is 417 g/mol. The van der Waals surface area contributed by atoms with Crippen LogP contribution in [0, 0.1) is 58.2 Å². The molecule has 0 aromatic heterocycles. The molecule has 1 unspecified atom stereocenters. The first-order valence-electron chi connectivity index (χ1n) is 13.4. The molecule has 2 nitrogen and oxygen atoms in total. The van der Waals surface area contributed by atoms with E-state index in [9.17, 15) is 9.90 Å². The maximum Gasteiger partial charge on any atom is 0.307 e. The van der Waals surface area contributed by atoms with E-state index < -0.39 is 5.97 Å². The van der Waals surface area contributed by atoms with Gasteiger partial charge >= 0.3 is 5.97 Å². The number of rotatable bonds is 6. The van der Waals surface area contributed by atoms with Crippen LogP contribution in [0.2, 0.25) is 0 Å². The number of aliphatic carboxylic acids is 1. The fraction of sp³-hybridized carbons (Fsp3) is 0.964. The molecule has 0 radical (unpaired) electrons. The number of hydrogen-bond donors (Lipinski definition) is 1. The van der Waals surface area contributed by atoms with E-state index in [1.807, 2.05) is 0 Å². The normalized spacial score (nSPS) is 46.7. The summed E-state index contributed by atoms with van der Waals surface area (Å²) in [5, 5.41) is 10.1. The molecule has 2 heteroatoms. The summed E-state index contributed by atoms with van der Waals surface area (Å²) in [6.07, 6.45) is 15.7. The van der Waals surface area contributed by atoms with Crippen LogP contribution in [0.25, 0.3) is 0 Å². The van der Waals surface area contributed by atoms with Gasteiger partial charge in [-0.1, -0.05) is 60.3 Å². The van der Waals surface area contributed by atoms with Crippen LogP contribution >= 0.6 is 0 Å². The van der Waals surface area contributed by atoms with Gasteiger partial charge in [0.1, 0.15) is 0 Å². The second-order valence-electron chi connectivity index (χ2n) is 12.9. The fourth-order valence-electron chi connectivity index (χ4n) is 9.76. The van der Waals surface area contributed by atoms with Gasteiger partial charge in [-0.3, -0.25) is 4.79 Å². The molecular formula is C28H48O2. The fourth-order valence-corrected chi connectivity index (χ4v) is 9.76. The lowest BCUT2D eigenvalue weighted by atomic mass is 9.42. The molecule has 4 aliphatic carbocycles. The minimum atomic E-state index is -0.501. The van der Waals surface area contributed by atoms with Gasteiger partial charge in [-0.25, -0.2) is 0 Å². The third kappa shape index (κ3) is 3.57. The Labute approximate surface area is 186 Å². The van der Waals surface area contributed by atoms with Crippen molar-refractivity contribution in [1.82, 2.24) is 0 Å². The van der Waals surface area contributed by atoms with Crippen LogP contribution < -0.4 is 0 Å². The maximum absolute atomic E-state index is 12.3. The van der Waals surface area contributed by atoms with Gasteiger partial charge in [-0.05, 0) is 104 Å². The summed E-state index contributed by atoms with van der Waals surface area (Å²) in [5.74, 6) is 4.93. The van der Waals surface area contributed by atoms with Crippen molar-refractivity contribution in [3.8, 4) is 0 Å². The molecule has 0 aliphatic heterocycles. The summed E-state index contributed by atoms with van der Waals surface area (Å²) in [5.41, 5.74) is 0.560. The molecule has 0 aromatic carbocycles. The lowest BCUT2D eigenvalue weighted by molar-refractivity contribution is -0.172. The van der Waals surface area contributed by atoms with Crippen molar-refractivity contribution in [1.29, 1.82) is 0 Å². The third-order valence-electron chi connectivity index (χ3n) is 11.3. The Hall–Kier alpha value is -0.530. The topological polar surface area (TPSA) is 37.3 Å². The van der Waals surface area contributed by atoms with E-state index in [0.717, 1.165) is 42.4 Å². The van der Waals surface area contributed by atoms with Crippen molar-refractivity contribution in [2.45, 2.75) is 112 Å². The average Bonchev–Trinajstić information content (AvgIpc) is 3.03. The van der Waals surface area contributed by atoms with Crippen molar-refractivity contribution in [2.24, 2.45) is 58.2 Å². The highest BCUT2D eigenvalue weighted by Crippen LogP contribution is 2.69. The Bertz CT molecular complexity index is 626. The Kier molecular flexibility index (Phi) is 6.37. The van der Waals surface area contributed by atoms with E-state index in [4.69, 9.17) is 0 Å². The third-order valence-corrected chi connectivity index (χ3v) is 11.3. The highest BCUT2D eigenvalue weighted by Gasteiger charge is 2.62. The number of carbonyl (C=O) groups is 1. The summed E-state index contributed by atoms with van der Waals surface area (Å²) in [7, 11) is 0. The van der Waals surface area contributed by atoms with E-state index in [0.29, 0.717) is 17.3 Å². The van der Waals surface area contributed by atoms with Crippen molar-refractivity contribution in [3.63, 3.8) is 0 Å². The molecule has 0 spiro atoms. The van der Waals surface area contributed by atoms with E-state index in [1.54, 1.807) is 0 Å². The van der Waals surface area contributed by atoms with Crippen molar-refractivity contribution in [2.75, 3.05) is 0 Å². The zero-order valence-corrected chi connectivity index (χ0v) is 20.5. The van der Waals surface area contributed by atoms with Crippen molar-refractivity contribution in [3.05, 3.63) is 0 Å². The van der Waals surface area contributed by atoms with E-state index in [2.05, 4.69) is 34.6 Å². The Morgan fingerprint density at radius 1 is 0.933 bits per heavy atom. The SMILES string of the molecule is CC(C)CCC[C@H](C)[C@@H]1CC[C@H]2[C@H]3CC[C@H]4CCCC(C(=O)O)[C@]4(C)[C@H]3CC[C@@]21C. The molecule has 30 heavy (non-hydrogen) atoms. The molecule has 0 aromatic rings. The minimum Gasteiger partial charge on any atom is -0.481 e. The highest BCUT2D eigenvalue weighted by molar-refractivity contribution is 5.71. The smallest absolute Gasteiger partial charge is 0.307 e. The summed E-state index contributed by atoms with van der Waals surface area (Å²) in [6.45, 7) is 12.3. The van der Waals surface area contributed by atoms with Crippen molar-refractivity contribution < 1.29 is 9.90 Å². The van der Waals surface area contributed by atoms with Crippen LogP contribution in [0.15, 0.2) is 0 Å². The Balaban J connectivity index is 1.52. The van der Waals surface area contributed by atoms with Crippen LogP contribution in [0.1, 0.15) is 112 Å². The molecule has 0 bridgehead atoms. The van der Waals surface area contributed by atoms with Gasteiger partial charge in [-0.2, -0.15) is 0 Å². The molecule has 0 heterocycles. The quantitative estimate of drug-likeness (QED) is 0.479. The zero-order chi connectivity index (χ0) is 21.7. The van der Waals surface area contributed by atoms with Crippen LogP contribution in [0.3, 0.4) is 0 Å². The first kappa shape index (κ1) is 22.7. The second kappa shape index (κ2) is 8.43. The molecule has 172 valence electrons. The van der Waals surface area contributed by atoms with Gasteiger partial charge < -0.3 is 5.11 Å². The zero-order valence-electron chi connectivity index (χ0n) is 20.5. The van der Waals surface area contributed by atoms with Crippen LogP contribution in [0.4, 0.5) is 0 Å². The molecule has 0 amide bonds. The largest absolute Gasteiger partial charge is 0.481 e. The molecule has 0 saturated heterocycles. The first-order valence-corrected chi connectivity index (χ1v) is 13.4. The van der Waals surface area contributed by atoms with Crippen LogP contribution in [-0.4, -0.2) is 11.1 Å². The summed E-state index contributed by atoms with van der Waals surface area (Å²) in [6, 6.07) is 0. The van der Waals surface area contributed by atoms with Crippen molar-refractivity contribution >= 4 is 5.97 Å². The minimum absolute atomic E-state index is 0.0509. The predicted molar refractivity (Wildman–Crippen MR) is 124 cm³/mol. The molecular weight excluding hydrogens is 368 g/mol. The first-order chi connectivity index (χ1) is 14.2. The molecule has 4 saturated carbocycles. The van der Waals surface area contributed by atoms with E-state index in [1.165, 1.54) is 64.2 Å². The van der Waals surface area contributed by atoms with Gasteiger partial charge in [0.05, 0.1) is 5.92 Å². The highest BCUT2D eigenvalue weighted by atomic mass is 16.4. The lowest BCUT2D eigenvalue weighted by Gasteiger charge is -2.62. The van der Waals surface area contributed by atoms with Gasteiger partial charge in [0.15, 0.2) is 0 Å². The number of carboxylic acid groups (broad SMARTS) is 1. The van der Waals surface area contributed by atoms with E-state index >= 15 is 0 Å². The Morgan fingerprint density at radius 2 is 1.70 bits per heavy atom. The Morgan fingerprint density at radius 3 is 2.40 bits per heavy atom. The molecule has 4 aliphatic rings. The van der Waals surface area contributed by atoms with Crippen LogP contribution in [-0.2, 0) is 4.79 Å². The molecule has 4 rings (SSSR count). The number of carboxylic acids is 1. The van der Waals surface area contributed by atoms with Crippen LogP contribution in [0.5, 0.6) is 0 Å². The summed E-state index contributed by atoms with van der Waals surface area (Å²) < 4.78 is 0. The summed E-state index contributed by atoms with van der Waals surface area (Å²) in [4.78, 5) is 12.3. The molecule has 1 N–H and O–H groups in total. The van der Waals surface area contributed by atoms with E-state index in [-0.39, 0.29) is 11.3 Å². The van der Waals surface area contributed by atoms with Gasteiger partial charge in [0, 0.05) is 0 Å². The predicted octanol–water partition coefficient (Wildman–Crippen LogP) is 7.81. The number of hydrogen-bond acceptors (Lipinski definition) is 1. The standard InChI is InChI=1S/C28H48O2/c1-18(2)8-6-9-19(3)22-14-15-23-21-13-12-20-10-7-11-25(26(29)30)28(20,5)24(21)16-17-27(22,23)4/h18-25H,6-17H2,1-5H3,(H,29,30)/t19-,20+,21+,22-,23-,24-,25?,27+,28-/m0/s1. The molecule has 9 atom stereocenters.